The summed E-state index contributed by atoms with van der Waals surface area (Å²) in [6, 6.07) is 18.6. The Hall–Kier alpha value is -2.93. The van der Waals surface area contributed by atoms with Crippen molar-refractivity contribution in [2.45, 2.75) is 11.7 Å². The average molecular weight is 352 g/mol. The molecule has 1 fully saturated rings. The summed E-state index contributed by atoms with van der Waals surface area (Å²) in [6.45, 7) is 0. The Labute approximate surface area is 149 Å². The third kappa shape index (κ3) is 5.02. The van der Waals surface area contributed by atoms with E-state index in [0.717, 1.165) is 5.56 Å². The van der Waals surface area contributed by atoms with Gasteiger partial charge in [0.1, 0.15) is 5.25 Å². The zero-order valence-electron chi connectivity index (χ0n) is 13.3. The van der Waals surface area contributed by atoms with E-state index < -0.39 is 5.25 Å². The van der Waals surface area contributed by atoms with Crippen LogP contribution in [0, 0.1) is 0 Å². The highest BCUT2D eigenvalue weighted by molar-refractivity contribution is 8.15. The molecule has 0 bridgehead atoms. The molecule has 2 aromatic carbocycles. The van der Waals surface area contributed by atoms with Gasteiger partial charge in [-0.15, -0.1) is 5.10 Å². The molecule has 0 aliphatic carbocycles. The summed E-state index contributed by atoms with van der Waals surface area (Å²) in [5.74, 6) is -0.480. The van der Waals surface area contributed by atoms with Gasteiger partial charge in [0.15, 0.2) is 5.17 Å². The van der Waals surface area contributed by atoms with Crippen molar-refractivity contribution in [2.75, 3.05) is 5.32 Å². The number of amidine groups is 1. The molecular weight excluding hydrogens is 336 g/mol. The zero-order valence-corrected chi connectivity index (χ0v) is 14.1. The lowest BCUT2D eigenvalue weighted by Crippen LogP contribution is -2.41. The minimum absolute atomic E-state index is 0.102. The summed E-state index contributed by atoms with van der Waals surface area (Å²) in [5.41, 5.74) is 1.59. The molecule has 0 unspecified atom stereocenters. The normalized spacial score (nSPS) is 19.0. The van der Waals surface area contributed by atoms with Gasteiger partial charge >= 0.3 is 0 Å². The largest absolute Gasteiger partial charge is 0.325 e. The molecule has 2 amide bonds. The van der Waals surface area contributed by atoms with Gasteiger partial charge in [0.25, 0.3) is 0 Å². The molecule has 1 aliphatic rings. The predicted molar refractivity (Wildman–Crippen MR) is 101 cm³/mol. The van der Waals surface area contributed by atoms with Crippen molar-refractivity contribution in [3.8, 4) is 0 Å². The SMILES string of the molecule is O=C1C[C@H](C(=O)Nc2ccccc2)S/C(=N/N=C\c2ccccc2)N1. The summed E-state index contributed by atoms with van der Waals surface area (Å²) in [5, 5.41) is 13.2. The number of thioether (sulfide) groups is 1. The quantitative estimate of drug-likeness (QED) is 0.655. The second-order valence-electron chi connectivity index (χ2n) is 5.27. The highest BCUT2D eigenvalue weighted by atomic mass is 32.2. The van der Waals surface area contributed by atoms with Crippen LogP contribution < -0.4 is 10.6 Å². The van der Waals surface area contributed by atoms with Gasteiger partial charge in [-0.05, 0) is 17.7 Å². The molecule has 7 heteroatoms. The van der Waals surface area contributed by atoms with Crippen LogP contribution in [0.3, 0.4) is 0 Å². The van der Waals surface area contributed by atoms with Gasteiger partial charge in [-0.2, -0.15) is 5.10 Å². The van der Waals surface area contributed by atoms with Gasteiger partial charge < -0.3 is 10.6 Å². The van der Waals surface area contributed by atoms with E-state index in [4.69, 9.17) is 0 Å². The smallest absolute Gasteiger partial charge is 0.238 e. The van der Waals surface area contributed by atoms with E-state index in [0.29, 0.717) is 10.9 Å². The fourth-order valence-electron chi connectivity index (χ4n) is 2.17. The molecule has 25 heavy (non-hydrogen) atoms. The fourth-order valence-corrected chi connectivity index (χ4v) is 3.11. The van der Waals surface area contributed by atoms with E-state index in [-0.39, 0.29) is 18.2 Å². The van der Waals surface area contributed by atoms with E-state index in [1.165, 1.54) is 11.8 Å². The molecule has 1 heterocycles. The van der Waals surface area contributed by atoms with Gasteiger partial charge in [-0.3, -0.25) is 9.59 Å². The Morgan fingerprint density at radius 2 is 1.80 bits per heavy atom. The summed E-state index contributed by atoms with van der Waals surface area (Å²) < 4.78 is 0. The maximum atomic E-state index is 12.3. The van der Waals surface area contributed by atoms with Crippen LogP contribution in [0.5, 0.6) is 0 Å². The predicted octanol–water partition coefficient (Wildman–Crippen LogP) is 2.64. The van der Waals surface area contributed by atoms with Gasteiger partial charge in [0, 0.05) is 12.1 Å². The van der Waals surface area contributed by atoms with Crippen LogP contribution in [0.1, 0.15) is 12.0 Å². The lowest BCUT2D eigenvalue weighted by molar-refractivity contribution is -0.123. The third-order valence-corrected chi connectivity index (χ3v) is 4.43. The molecule has 0 aromatic heterocycles. The standard InChI is InChI=1S/C18H16N4O2S/c23-16-11-15(17(24)20-14-9-5-2-6-10-14)25-18(21-16)22-19-12-13-7-3-1-4-8-13/h1-10,12,15H,11H2,(H,20,24)(H,21,22,23)/b19-12-/t15-/m1/s1. The van der Waals surface area contributed by atoms with Crippen LogP contribution in [0.2, 0.25) is 0 Å². The van der Waals surface area contributed by atoms with Gasteiger partial charge in [0.05, 0.1) is 6.21 Å². The molecule has 6 nitrogen and oxygen atoms in total. The Kier molecular flexibility index (Phi) is 5.58. The molecular formula is C18H16N4O2S. The molecule has 126 valence electrons. The Morgan fingerprint density at radius 1 is 1.12 bits per heavy atom. The number of anilines is 1. The first-order valence-corrected chi connectivity index (χ1v) is 8.57. The van der Waals surface area contributed by atoms with E-state index in [1.54, 1.807) is 18.3 Å². The van der Waals surface area contributed by atoms with Crippen LogP contribution in [-0.4, -0.2) is 28.4 Å². The summed E-state index contributed by atoms with van der Waals surface area (Å²) in [6.07, 6.45) is 1.69. The number of para-hydroxylation sites is 1. The molecule has 2 aromatic rings. The third-order valence-electron chi connectivity index (χ3n) is 3.36. The van der Waals surface area contributed by atoms with Crippen molar-refractivity contribution in [2.24, 2.45) is 10.2 Å². The number of carbonyl (C=O) groups excluding carboxylic acids is 2. The fraction of sp³-hybridized carbons (Fsp3) is 0.111. The van der Waals surface area contributed by atoms with Crippen LogP contribution in [0.15, 0.2) is 70.9 Å². The van der Waals surface area contributed by atoms with Crippen LogP contribution in [-0.2, 0) is 9.59 Å². The van der Waals surface area contributed by atoms with Crippen LogP contribution >= 0.6 is 11.8 Å². The summed E-state index contributed by atoms with van der Waals surface area (Å²) in [7, 11) is 0. The van der Waals surface area contributed by atoms with Crippen molar-refractivity contribution in [3.05, 3.63) is 66.2 Å². The van der Waals surface area contributed by atoms with E-state index in [1.807, 2.05) is 48.5 Å². The molecule has 0 spiro atoms. The van der Waals surface area contributed by atoms with Crippen LogP contribution in [0.25, 0.3) is 0 Å². The van der Waals surface area contributed by atoms with E-state index in [9.17, 15) is 9.59 Å². The summed E-state index contributed by atoms with van der Waals surface area (Å²) in [4.78, 5) is 24.2. The first kappa shape index (κ1) is 16.9. The molecule has 2 N–H and O–H groups in total. The van der Waals surface area contributed by atoms with E-state index >= 15 is 0 Å². The number of rotatable bonds is 4. The zero-order chi connectivity index (χ0) is 17.5. The first-order chi connectivity index (χ1) is 12.2. The first-order valence-electron chi connectivity index (χ1n) is 7.69. The number of carbonyl (C=O) groups is 2. The maximum absolute atomic E-state index is 12.3. The monoisotopic (exact) mass is 352 g/mol. The molecule has 3 rings (SSSR count). The van der Waals surface area contributed by atoms with Gasteiger partial charge in [-0.25, -0.2) is 0 Å². The number of hydrogen-bond donors (Lipinski definition) is 2. The number of hydrogen-bond acceptors (Lipinski definition) is 5. The topological polar surface area (TPSA) is 82.9 Å². The average Bonchev–Trinajstić information content (AvgIpc) is 2.63. The number of benzene rings is 2. The van der Waals surface area contributed by atoms with Crippen molar-refractivity contribution in [1.82, 2.24) is 5.32 Å². The Balaban J connectivity index is 1.64. The molecule has 0 saturated carbocycles. The molecule has 1 saturated heterocycles. The van der Waals surface area contributed by atoms with Crippen LogP contribution in [0.4, 0.5) is 5.69 Å². The molecule has 1 atom stereocenters. The second-order valence-corrected chi connectivity index (χ2v) is 6.47. The highest BCUT2D eigenvalue weighted by Gasteiger charge is 2.30. The molecule has 0 radical (unpaired) electrons. The van der Waals surface area contributed by atoms with E-state index in [2.05, 4.69) is 20.8 Å². The van der Waals surface area contributed by atoms with Crippen molar-refractivity contribution < 1.29 is 9.59 Å². The molecule has 1 aliphatic heterocycles. The Morgan fingerprint density at radius 3 is 2.52 bits per heavy atom. The van der Waals surface area contributed by atoms with Crippen molar-refractivity contribution in [3.63, 3.8) is 0 Å². The number of amides is 2. The lowest BCUT2D eigenvalue weighted by Gasteiger charge is -2.21. The lowest BCUT2D eigenvalue weighted by atomic mass is 10.2. The number of nitrogens with one attached hydrogen (secondary N) is 2. The van der Waals surface area contributed by atoms with Crippen molar-refractivity contribution >= 4 is 40.6 Å². The van der Waals surface area contributed by atoms with Gasteiger partial charge in [-0.1, -0.05) is 60.3 Å². The Bertz CT molecular complexity index is 806. The minimum Gasteiger partial charge on any atom is -0.325 e. The van der Waals surface area contributed by atoms with Gasteiger partial charge in [0.2, 0.25) is 11.8 Å². The maximum Gasteiger partial charge on any atom is 0.238 e. The summed E-state index contributed by atoms with van der Waals surface area (Å²) >= 11 is 1.19. The minimum atomic E-state index is -0.542. The number of nitrogens with zero attached hydrogens (tertiary/aromatic N) is 2. The second kappa shape index (κ2) is 8.25. The van der Waals surface area contributed by atoms with Crippen molar-refractivity contribution in [1.29, 1.82) is 0 Å². The highest BCUT2D eigenvalue weighted by Crippen LogP contribution is 2.22.